The predicted molar refractivity (Wildman–Crippen MR) is 116 cm³/mol. The fraction of sp³-hybridized carbons (Fsp3) is 0.400. The van der Waals surface area contributed by atoms with Crippen LogP contribution in [0.2, 0.25) is 0 Å². The van der Waals surface area contributed by atoms with Gasteiger partial charge >= 0.3 is 0 Å². The third kappa shape index (κ3) is 6.92. The third-order valence-corrected chi connectivity index (χ3v) is 4.75. The highest BCUT2D eigenvalue weighted by Crippen LogP contribution is 2.21. The number of anilines is 2. The maximum absolute atomic E-state index is 12.0. The summed E-state index contributed by atoms with van der Waals surface area (Å²) in [4.78, 5) is 18.9. The Hall–Kier alpha value is -1.98. The normalized spacial score (nSPS) is 14.0. The van der Waals surface area contributed by atoms with E-state index in [1.54, 1.807) is 0 Å². The molecule has 0 spiro atoms. The average Bonchev–Trinajstić information content (AvgIpc) is 2.63. The number of nitrogens with two attached hydrogens (primary N) is 1. The lowest BCUT2D eigenvalue weighted by Crippen LogP contribution is -2.33. The van der Waals surface area contributed by atoms with Gasteiger partial charge in [-0.2, -0.15) is 0 Å². The van der Waals surface area contributed by atoms with Crippen molar-refractivity contribution in [1.29, 1.82) is 0 Å². The van der Waals surface area contributed by atoms with Crippen LogP contribution in [0.5, 0.6) is 0 Å². The molecular formula is C20H28Cl2N4O. The molecule has 1 aliphatic heterocycles. The number of carbonyl (C=O) groups excluding carboxylic acids is 1. The summed E-state index contributed by atoms with van der Waals surface area (Å²) in [5.41, 5.74) is 8.33. The maximum Gasteiger partial charge on any atom is 0.224 e. The Morgan fingerprint density at radius 2 is 1.74 bits per heavy atom. The molecule has 0 aliphatic carbocycles. The summed E-state index contributed by atoms with van der Waals surface area (Å²) in [7, 11) is 0. The second kappa shape index (κ2) is 11.0. The second-order valence-corrected chi connectivity index (χ2v) is 6.89. The molecule has 3 rings (SSSR count). The van der Waals surface area contributed by atoms with Crippen molar-refractivity contribution in [3.8, 4) is 0 Å². The van der Waals surface area contributed by atoms with Crippen LogP contribution in [0.1, 0.15) is 30.9 Å². The van der Waals surface area contributed by atoms with E-state index in [2.05, 4.69) is 28.2 Å². The van der Waals surface area contributed by atoms with Crippen LogP contribution in [0.3, 0.4) is 0 Å². The van der Waals surface area contributed by atoms with Gasteiger partial charge in [0.2, 0.25) is 5.91 Å². The standard InChI is InChI=1S/C20H26N4O.2ClH/c1-15-8-10-24(11-9-15)19-7-4-17(13-22-19)14-23-20(25)12-16-2-5-18(21)6-3-16;;/h2-7,13,15H,8-12,14,21H2,1H3,(H,23,25);2*1H. The van der Waals surface area contributed by atoms with Crippen LogP contribution in [0.4, 0.5) is 11.5 Å². The molecular weight excluding hydrogens is 383 g/mol. The first-order chi connectivity index (χ1) is 12.1. The van der Waals surface area contributed by atoms with Gasteiger partial charge < -0.3 is 16.0 Å². The smallest absolute Gasteiger partial charge is 0.224 e. The number of benzene rings is 1. The van der Waals surface area contributed by atoms with Crippen molar-refractivity contribution < 1.29 is 4.79 Å². The summed E-state index contributed by atoms with van der Waals surface area (Å²) in [5.74, 6) is 1.84. The molecule has 0 bridgehead atoms. The molecule has 0 saturated carbocycles. The first-order valence-electron chi connectivity index (χ1n) is 8.91. The molecule has 2 heterocycles. The minimum absolute atomic E-state index is 0. The van der Waals surface area contributed by atoms with Crippen LogP contribution >= 0.6 is 24.8 Å². The molecule has 1 fully saturated rings. The molecule has 1 aromatic heterocycles. The van der Waals surface area contributed by atoms with Gasteiger partial charge in [0.05, 0.1) is 6.42 Å². The van der Waals surface area contributed by atoms with Gasteiger partial charge in [0.25, 0.3) is 0 Å². The van der Waals surface area contributed by atoms with Crippen LogP contribution in [0.15, 0.2) is 42.6 Å². The first kappa shape index (κ1) is 23.1. The van der Waals surface area contributed by atoms with Gasteiger partial charge in [-0.05, 0) is 48.1 Å². The van der Waals surface area contributed by atoms with Crippen molar-refractivity contribution in [2.45, 2.75) is 32.7 Å². The quantitative estimate of drug-likeness (QED) is 0.738. The Kier molecular flexibility index (Phi) is 9.39. The summed E-state index contributed by atoms with van der Waals surface area (Å²) in [6.07, 6.45) is 4.67. The SMILES string of the molecule is CC1CCN(c2ccc(CNC(=O)Cc3ccc(N)cc3)cn2)CC1.Cl.Cl. The monoisotopic (exact) mass is 410 g/mol. The fourth-order valence-electron chi connectivity index (χ4n) is 3.03. The fourth-order valence-corrected chi connectivity index (χ4v) is 3.03. The second-order valence-electron chi connectivity index (χ2n) is 6.89. The largest absolute Gasteiger partial charge is 0.399 e. The Morgan fingerprint density at radius 3 is 2.33 bits per heavy atom. The molecule has 2 aromatic rings. The van der Waals surface area contributed by atoms with Gasteiger partial charge in [-0.25, -0.2) is 4.98 Å². The van der Waals surface area contributed by atoms with Crippen molar-refractivity contribution in [2.75, 3.05) is 23.7 Å². The van der Waals surface area contributed by atoms with E-state index in [1.165, 1.54) is 12.8 Å². The van der Waals surface area contributed by atoms with Gasteiger partial charge in [0.1, 0.15) is 5.82 Å². The number of halogens is 2. The van der Waals surface area contributed by atoms with E-state index >= 15 is 0 Å². The zero-order valence-electron chi connectivity index (χ0n) is 15.6. The summed E-state index contributed by atoms with van der Waals surface area (Å²) < 4.78 is 0. The zero-order valence-corrected chi connectivity index (χ0v) is 17.2. The molecule has 148 valence electrons. The van der Waals surface area contributed by atoms with Gasteiger partial charge in [0, 0.05) is 31.5 Å². The van der Waals surface area contributed by atoms with E-state index in [4.69, 9.17) is 5.73 Å². The van der Waals surface area contributed by atoms with Gasteiger partial charge in [-0.15, -0.1) is 24.8 Å². The number of carbonyl (C=O) groups is 1. The van der Waals surface area contributed by atoms with E-state index in [9.17, 15) is 4.79 Å². The molecule has 27 heavy (non-hydrogen) atoms. The number of rotatable bonds is 5. The number of hydrogen-bond donors (Lipinski definition) is 2. The molecule has 1 aromatic carbocycles. The summed E-state index contributed by atoms with van der Waals surface area (Å²) >= 11 is 0. The zero-order chi connectivity index (χ0) is 17.6. The first-order valence-corrected chi connectivity index (χ1v) is 8.91. The Bertz CT molecular complexity index is 699. The number of nitrogens with one attached hydrogen (secondary N) is 1. The van der Waals surface area contributed by atoms with Crippen molar-refractivity contribution in [1.82, 2.24) is 10.3 Å². The summed E-state index contributed by atoms with van der Waals surface area (Å²) in [6, 6.07) is 11.5. The maximum atomic E-state index is 12.0. The highest BCUT2D eigenvalue weighted by atomic mass is 35.5. The van der Waals surface area contributed by atoms with Gasteiger partial charge in [0.15, 0.2) is 0 Å². The van der Waals surface area contributed by atoms with E-state index in [-0.39, 0.29) is 30.7 Å². The third-order valence-electron chi connectivity index (χ3n) is 4.75. The van der Waals surface area contributed by atoms with Gasteiger partial charge in [-0.3, -0.25) is 4.79 Å². The minimum Gasteiger partial charge on any atom is -0.399 e. The number of aromatic nitrogens is 1. The molecule has 1 aliphatic rings. The van der Waals surface area contributed by atoms with E-state index < -0.39 is 0 Å². The molecule has 0 unspecified atom stereocenters. The number of nitrogens with zero attached hydrogens (tertiary/aromatic N) is 2. The number of hydrogen-bond acceptors (Lipinski definition) is 4. The summed E-state index contributed by atoms with van der Waals surface area (Å²) in [5, 5.41) is 2.94. The molecule has 5 nitrogen and oxygen atoms in total. The number of pyridine rings is 1. The lowest BCUT2D eigenvalue weighted by Gasteiger charge is -2.31. The van der Waals surface area contributed by atoms with Gasteiger partial charge in [-0.1, -0.05) is 25.1 Å². The lowest BCUT2D eigenvalue weighted by molar-refractivity contribution is -0.120. The predicted octanol–water partition coefficient (Wildman–Crippen LogP) is 3.60. The van der Waals surface area contributed by atoms with Crippen LogP contribution in [0, 0.1) is 5.92 Å². The van der Waals surface area contributed by atoms with Crippen molar-refractivity contribution in [3.63, 3.8) is 0 Å². The topological polar surface area (TPSA) is 71.2 Å². The van der Waals surface area contributed by atoms with Crippen LogP contribution in [-0.4, -0.2) is 24.0 Å². The highest BCUT2D eigenvalue weighted by molar-refractivity contribution is 5.85. The van der Waals surface area contributed by atoms with Crippen LogP contribution in [-0.2, 0) is 17.8 Å². The van der Waals surface area contributed by atoms with Crippen LogP contribution < -0.4 is 16.0 Å². The van der Waals surface area contributed by atoms with Crippen molar-refractivity contribution >= 4 is 42.2 Å². The van der Waals surface area contributed by atoms with Crippen molar-refractivity contribution in [2.24, 2.45) is 5.92 Å². The molecule has 0 atom stereocenters. The molecule has 1 saturated heterocycles. The van der Waals surface area contributed by atoms with E-state index in [0.29, 0.717) is 18.7 Å². The van der Waals surface area contributed by atoms with Crippen LogP contribution in [0.25, 0.3) is 0 Å². The Balaban J connectivity index is 0.00000182. The molecule has 3 N–H and O–H groups in total. The lowest BCUT2D eigenvalue weighted by atomic mass is 9.99. The number of amides is 1. The Labute approximate surface area is 173 Å². The summed E-state index contributed by atoms with van der Waals surface area (Å²) in [6.45, 7) is 4.96. The molecule has 0 radical (unpaired) electrons. The number of nitrogen functional groups attached to an aromatic ring is 1. The van der Waals surface area contributed by atoms with E-state index in [0.717, 1.165) is 36.0 Å². The minimum atomic E-state index is -0.00105. The molecule has 7 heteroatoms. The van der Waals surface area contributed by atoms with Crippen molar-refractivity contribution in [3.05, 3.63) is 53.7 Å². The number of piperidine rings is 1. The van der Waals surface area contributed by atoms with E-state index in [1.807, 2.05) is 36.5 Å². The Morgan fingerprint density at radius 1 is 1.11 bits per heavy atom. The average molecular weight is 411 g/mol. The molecule has 1 amide bonds. The highest BCUT2D eigenvalue weighted by Gasteiger charge is 2.16.